The first kappa shape index (κ1) is 13.1. The van der Waals surface area contributed by atoms with Crippen LogP contribution in [0.1, 0.15) is 18.2 Å². The van der Waals surface area contributed by atoms with Crippen LogP contribution in [0.15, 0.2) is 30.5 Å². The molecule has 0 aliphatic carbocycles. The largest absolute Gasteiger partial charge is 0.482 e. The number of benzene rings is 1. The lowest BCUT2D eigenvalue weighted by Gasteiger charge is -2.05. The fourth-order valence-corrected chi connectivity index (χ4v) is 1.75. The molecule has 2 rings (SSSR count). The van der Waals surface area contributed by atoms with E-state index >= 15 is 0 Å². The lowest BCUT2D eigenvalue weighted by atomic mass is 10.2. The van der Waals surface area contributed by atoms with Gasteiger partial charge in [-0.25, -0.2) is 0 Å². The quantitative estimate of drug-likeness (QED) is 0.613. The summed E-state index contributed by atoms with van der Waals surface area (Å²) < 4.78 is 7.34. The maximum Gasteiger partial charge on any atom is 0.310 e. The summed E-state index contributed by atoms with van der Waals surface area (Å²) in [6.45, 7) is 4.95. The molecule has 6 nitrogen and oxygen atoms in total. The van der Waals surface area contributed by atoms with E-state index in [4.69, 9.17) is 4.74 Å². The van der Waals surface area contributed by atoms with Crippen molar-refractivity contribution in [2.24, 2.45) is 0 Å². The number of hydrogen-bond acceptors (Lipinski definition) is 4. The number of aromatic nitrogens is 2. The second-order valence-electron chi connectivity index (χ2n) is 4.11. The van der Waals surface area contributed by atoms with Gasteiger partial charge in [0.2, 0.25) is 0 Å². The van der Waals surface area contributed by atoms with Crippen LogP contribution >= 0.6 is 0 Å². The summed E-state index contributed by atoms with van der Waals surface area (Å²) in [5.41, 5.74) is 1.78. The second-order valence-corrected chi connectivity index (χ2v) is 4.11. The molecule has 0 N–H and O–H groups in total. The third kappa shape index (κ3) is 2.90. The van der Waals surface area contributed by atoms with Gasteiger partial charge in [-0.2, -0.15) is 5.10 Å². The molecule has 19 heavy (non-hydrogen) atoms. The first-order valence-corrected chi connectivity index (χ1v) is 6.01. The first-order valence-electron chi connectivity index (χ1n) is 6.01. The van der Waals surface area contributed by atoms with Gasteiger partial charge < -0.3 is 4.74 Å². The summed E-state index contributed by atoms with van der Waals surface area (Å²) in [4.78, 5) is 10.4. The van der Waals surface area contributed by atoms with Gasteiger partial charge in [0.15, 0.2) is 5.75 Å². The Hall–Kier alpha value is -2.37. The van der Waals surface area contributed by atoms with Crippen molar-refractivity contribution in [3.05, 3.63) is 51.8 Å². The summed E-state index contributed by atoms with van der Waals surface area (Å²) in [5, 5.41) is 15.2. The fourth-order valence-electron chi connectivity index (χ4n) is 1.75. The second kappa shape index (κ2) is 5.51. The summed E-state index contributed by atoms with van der Waals surface area (Å²) in [6, 6.07) is 6.35. The number of aryl methyl sites for hydroxylation is 2. The minimum absolute atomic E-state index is 0.0250. The summed E-state index contributed by atoms with van der Waals surface area (Å²) in [5.74, 6) is 0.274. The molecule has 1 aromatic carbocycles. The predicted octanol–water partition coefficient (Wildman–Crippen LogP) is 2.70. The van der Waals surface area contributed by atoms with Crippen molar-refractivity contribution in [1.29, 1.82) is 0 Å². The number of nitro benzene ring substituents is 1. The number of hydrogen-bond donors (Lipinski definition) is 0. The van der Waals surface area contributed by atoms with Crippen molar-refractivity contribution < 1.29 is 9.66 Å². The van der Waals surface area contributed by atoms with E-state index in [0.29, 0.717) is 0 Å². The highest BCUT2D eigenvalue weighted by molar-refractivity contribution is 5.45. The minimum atomic E-state index is -0.447. The van der Waals surface area contributed by atoms with Crippen molar-refractivity contribution in [3.8, 4) is 5.75 Å². The highest BCUT2D eigenvalue weighted by atomic mass is 16.6. The van der Waals surface area contributed by atoms with Crippen LogP contribution in [-0.4, -0.2) is 14.7 Å². The van der Waals surface area contributed by atoms with E-state index in [1.165, 1.54) is 6.07 Å². The van der Waals surface area contributed by atoms with Gasteiger partial charge >= 0.3 is 5.69 Å². The maximum absolute atomic E-state index is 10.9. The van der Waals surface area contributed by atoms with Gasteiger partial charge in [-0.05, 0) is 19.9 Å². The van der Waals surface area contributed by atoms with Crippen molar-refractivity contribution in [2.75, 3.05) is 0 Å². The van der Waals surface area contributed by atoms with Crippen LogP contribution in [0, 0.1) is 17.0 Å². The predicted molar refractivity (Wildman–Crippen MR) is 70.1 cm³/mol. The Morgan fingerprint density at radius 1 is 1.42 bits per heavy atom. The smallest absolute Gasteiger partial charge is 0.310 e. The van der Waals surface area contributed by atoms with Crippen LogP contribution in [0.2, 0.25) is 0 Å². The van der Waals surface area contributed by atoms with E-state index < -0.39 is 4.92 Å². The van der Waals surface area contributed by atoms with E-state index in [0.717, 1.165) is 17.8 Å². The van der Waals surface area contributed by atoms with E-state index in [9.17, 15) is 10.1 Å². The van der Waals surface area contributed by atoms with Crippen molar-refractivity contribution in [3.63, 3.8) is 0 Å². The zero-order valence-electron chi connectivity index (χ0n) is 10.9. The number of rotatable bonds is 5. The Balaban J connectivity index is 2.14. The van der Waals surface area contributed by atoms with Crippen LogP contribution < -0.4 is 4.74 Å². The van der Waals surface area contributed by atoms with Crippen LogP contribution in [0.4, 0.5) is 5.69 Å². The van der Waals surface area contributed by atoms with Gasteiger partial charge in [-0.1, -0.05) is 12.1 Å². The topological polar surface area (TPSA) is 70.2 Å². The van der Waals surface area contributed by atoms with Gasteiger partial charge in [0.05, 0.1) is 10.6 Å². The Morgan fingerprint density at radius 3 is 2.79 bits per heavy atom. The van der Waals surface area contributed by atoms with Crippen LogP contribution in [0.25, 0.3) is 0 Å². The lowest BCUT2D eigenvalue weighted by molar-refractivity contribution is -0.385. The maximum atomic E-state index is 10.9. The number of nitro groups is 1. The standard InChI is InChI=1S/C13H15N3O3/c1-3-15-8-11(10(2)14-15)9-19-13-7-5-4-6-12(13)16(17)18/h4-8H,3,9H2,1-2H3. The molecule has 0 radical (unpaired) electrons. The van der Waals surface area contributed by atoms with E-state index in [-0.39, 0.29) is 18.0 Å². The Bertz CT molecular complexity index is 593. The molecule has 1 aromatic heterocycles. The monoisotopic (exact) mass is 261 g/mol. The van der Waals surface area contributed by atoms with Gasteiger partial charge in [0, 0.05) is 24.4 Å². The molecule has 0 bridgehead atoms. The van der Waals surface area contributed by atoms with Crippen LogP contribution in [-0.2, 0) is 13.2 Å². The molecule has 0 saturated carbocycles. The molecule has 0 amide bonds. The van der Waals surface area contributed by atoms with E-state index in [1.54, 1.807) is 18.2 Å². The summed E-state index contributed by atoms with van der Waals surface area (Å²) in [7, 11) is 0. The van der Waals surface area contributed by atoms with Crippen LogP contribution in [0.3, 0.4) is 0 Å². The van der Waals surface area contributed by atoms with Crippen molar-refractivity contribution >= 4 is 5.69 Å². The first-order chi connectivity index (χ1) is 9.11. The number of ether oxygens (including phenoxy) is 1. The molecule has 0 atom stereocenters. The van der Waals surface area contributed by atoms with Gasteiger partial charge in [0.1, 0.15) is 6.61 Å². The third-order valence-corrected chi connectivity index (χ3v) is 2.82. The lowest BCUT2D eigenvalue weighted by Crippen LogP contribution is -1.99. The Morgan fingerprint density at radius 2 is 2.16 bits per heavy atom. The molecule has 0 saturated heterocycles. The highest BCUT2D eigenvalue weighted by Gasteiger charge is 2.14. The van der Waals surface area contributed by atoms with E-state index in [2.05, 4.69) is 5.10 Å². The SMILES string of the molecule is CCn1cc(COc2ccccc2[N+](=O)[O-])c(C)n1. The average molecular weight is 261 g/mol. The molecule has 0 aliphatic rings. The normalized spacial score (nSPS) is 10.4. The minimum Gasteiger partial charge on any atom is -0.482 e. The fraction of sp³-hybridized carbons (Fsp3) is 0.308. The molecule has 0 fully saturated rings. The zero-order chi connectivity index (χ0) is 13.8. The molecule has 0 unspecified atom stereocenters. The van der Waals surface area contributed by atoms with Crippen molar-refractivity contribution in [2.45, 2.75) is 27.0 Å². The molecule has 100 valence electrons. The summed E-state index contributed by atoms with van der Waals surface area (Å²) >= 11 is 0. The van der Waals surface area contributed by atoms with Gasteiger partial charge in [0.25, 0.3) is 0 Å². The summed E-state index contributed by atoms with van der Waals surface area (Å²) in [6.07, 6.45) is 1.89. The average Bonchev–Trinajstić information content (AvgIpc) is 2.77. The van der Waals surface area contributed by atoms with Gasteiger partial charge in [-0.3, -0.25) is 14.8 Å². The van der Waals surface area contributed by atoms with E-state index in [1.807, 2.05) is 24.7 Å². The molecular weight excluding hydrogens is 246 g/mol. The Labute approximate surface area is 110 Å². The number of para-hydroxylation sites is 2. The molecule has 1 heterocycles. The molecule has 0 aliphatic heterocycles. The third-order valence-electron chi connectivity index (χ3n) is 2.82. The highest BCUT2D eigenvalue weighted by Crippen LogP contribution is 2.26. The van der Waals surface area contributed by atoms with Gasteiger partial charge in [-0.15, -0.1) is 0 Å². The Kier molecular flexibility index (Phi) is 3.79. The van der Waals surface area contributed by atoms with Crippen LogP contribution in [0.5, 0.6) is 5.75 Å². The molecule has 6 heteroatoms. The molecule has 2 aromatic rings. The zero-order valence-corrected chi connectivity index (χ0v) is 10.9. The van der Waals surface area contributed by atoms with Crippen molar-refractivity contribution in [1.82, 2.24) is 9.78 Å². The molecular formula is C13H15N3O3. The number of nitrogens with zero attached hydrogens (tertiary/aromatic N) is 3. The molecule has 0 spiro atoms.